The number of benzene rings is 2. The van der Waals surface area contributed by atoms with E-state index in [0.29, 0.717) is 0 Å². The maximum absolute atomic E-state index is 10.1. The molecule has 0 aromatic heterocycles. The van der Waals surface area contributed by atoms with E-state index in [1.165, 1.54) is 48.5 Å². The quantitative estimate of drug-likeness (QED) is 0.510. The minimum atomic E-state index is -1.24. The van der Waals surface area contributed by atoms with E-state index in [4.69, 9.17) is 10.2 Å². The number of rotatable bonds is 2. The van der Waals surface area contributed by atoms with Gasteiger partial charge < -0.3 is 41.0 Å². The summed E-state index contributed by atoms with van der Waals surface area (Å²) >= 11 is 0. The van der Waals surface area contributed by atoms with Gasteiger partial charge in [-0.25, -0.2) is 0 Å². The van der Waals surface area contributed by atoms with Gasteiger partial charge in [-0.05, 0) is 59.7 Å². The molecule has 0 spiro atoms. The zero-order valence-corrected chi connectivity index (χ0v) is 15.3. The third-order valence-electron chi connectivity index (χ3n) is 2.21. The monoisotopic (exact) mass is 350 g/mol. The van der Waals surface area contributed by atoms with Crippen molar-refractivity contribution in [2.45, 2.75) is 0 Å². The molecule has 23 heavy (non-hydrogen) atoms. The molecule has 0 radical (unpaired) electrons. The molecule has 0 aliphatic carbocycles. The van der Waals surface area contributed by atoms with Crippen LogP contribution in [0.2, 0.25) is 0 Å². The molecule has 0 fully saturated rings. The minimum Gasteiger partial charge on any atom is -0.545 e. The molecule has 0 aliphatic rings. The van der Waals surface area contributed by atoms with Crippen LogP contribution in [0.4, 0.5) is 0 Å². The number of aromatic hydroxyl groups is 2. The Bertz CT molecular complexity index is 546. The number of carbonyl (C=O) groups excluding carboxylic acids is 2. The number of aromatic carboxylic acids is 2. The third-order valence-corrected chi connectivity index (χ3v) is 2.21. The van der Waals surface area contributed by atoms with Gasteiger partial charge in [-0.3, -0.25) is 0 Å². The molecule has 0 bridgehead atoms. The molecule has 8 nitrogen and oxygen atoms in total. The number of carboxylic acid groups (broad SMARTS) is 2. The summed E-state index contributed by atoms with van der Waals surface area (Å²) in [5.41, 5.74) is 0.135. The molecule has 0 unspecified atom stereocenters. The van der Waals surface area contributed by atoms with Crippen LogP contribution >= 0.6 is 0 Å². The van der Waals surface area contributed by atoms with Crippen LogP contribution in [0.5, 0.6) is 11.5 Å². The van der Waals surface area contributed by atoms with Crippen molar-refractivity contribution in [3.63, 3.8) is 0 Å². The predicted molar refractivity (Wildman–Crippen MR) is 73.2 cm³/mol. The Balaban J connectivity index is -0.000000143. The second kappa shape index (κ2) is 13.0. The van der Waals surface area contributed by atoms with Crippen LogP contribution in [-0.2, 0) is 0 Å². The van der Waals surface area contributed by atoms with E-state index >= 15 is 0 Å². The van der Waals surface area contributed by atoms with Crippen LogP contribution in [0.1, 0.15) is 22.1 Å². The molecule has 9 heteroatoms. The molecule has 2 rings (SSSR count). The number of phenolic OH excluding ortho intramolecular Hbond substituents is 2. The zero-order valence-electron chi connectivity index (χ0n) is 13.1. The van der Waals surface area contributed by atoms with Crippen molar-refractivity contribution in [3.8, 4) is 11.5 Å². The molecular formula is C14H15KO8. The van der Waals surface area contributed by atoms with E-state index in [1.54, 1.807) is 0 Å². The normalized spacial score (nSPS) is 8.00. The predicted octanol–water partition coefficient (Wildman–Crippen LogP) is -5.02. The molecule has 0 aliphatic heterocycles. The van der Waals surface area contributed by atoms with Gasteiger partial charge in [0.1, 0.15) is 11.5 Å². The van der Waals surface area contributed by atoms with Crippen molar-refractivity contribution in [2.75, 3.05) is 0 Å². The van der Waals surface area contributed by atoms with Crippen molar-refractivity contribution >= 4 is 11.9 Å². The molecular weight excluding hydrogens is 335 g/mol. The van der Waals surface area contributed by atoms with E-state index in [0.717, 1.165) is 0 Å². The van der Waals surface area contributed by atoms with Gasteiger partial charge in [0.05, 0.1) is 11.9 Å². The van der Waals surface area contributed by atoms with Crippen molar-refractivity contribution in [2.24, 2.45) is 0 Å². The summed E-state index contributed by atoms with van der Waals surface area (Å²) in [6.07, 6.45) is 0. The van der Waals surface area contributed by atoms with E-state index in [1.807, 2.05) is 0 Å². The molecule has 0 amide bonds. The summed E-state index contributed by atoms with van der Waals surface area (Å²) in [6, 6.07) is 10.3. The second-order valence-electron chi connectivity index (χ2n) is 3.67. The van der Waals surface area contributed by atoms with Crippen LogP contribution in [-0.4, -0.2) is 33.1 Å². The van der Waals surface area contributed by atoms with Gasteiger partial charge in [-0.1, -0.05) is 0 Å². The van der Waals surface area contributed by atoms with Crippen molar-refractivity contribution < 1.29 is 93.8 Å². The zero-order chi connectivity index (χ0) is 15.1. The fraction of sp³-hybridized carbons (Fsp3) is 0. The van der Waals surface area contributed by atoms with Crippen LogP contribution in [0.3, 0.4) is 0 Å². The van der Waals surface area contributed by atoms with Crippen molar-refractivity contribution in [1.29, 1.82) is 0 Å². The van der Waals surface area contributed by atoms with Gasteiger partial charge >= 0.3 is 52.8 Å². The summed E-state index contributed by atoms with van der Waals surface area (Å²) in [4.78, 5) is 20.2. The van der Waals surface area contributed by atoms with E-state index in [2.05, 4.69) is 0 Å². The Kier molecular flexibility index (Phi) is 15.0. The molecule has 6 N–H and O–H groups in total. The second-order valence-corrected chi connectivity index (χ2v) is 3.67. The molecule has 0 saturated heterocycles. The molecule has 0 saturated carbocycles. The molecule has 120 valence electrons. The Morgan fingerprint density at radius 3 is 1.09 bits per heavy atom. The first-order valence-corrected chi connectivity index (χ1v) is 5.41. The van der Waals surface area contributed by atoms with Gasteiger partial charge in [0, 0.05) is 0 Å². The first kappa shape index (κ1) is 26.4. The third kappa shape index (κ3) is 10.0. The van der Waals surface area contributed by atoms with Gasteiger partial charge in [0.25, 0.3) is 0 Å². The molecule has 0 heterocycles. The van der Waals surface area contributed by atoms with Crippen LogP contribution < -0.4 is 61.6 Å². The largest absolute Gasteiger partial charge is 1.00 e. The van der Waals surface area contributed by atoms with E-state index < -0.39 is 11.9 Å². The van der Waals surface area contributed by atoms with Gasteiger partial charge in [0.2, 0.25) is 0 Å². The first-order chi connectivity index (χ1) is 9.40. The summed E-state index contributed by atoms with van der Waals surface area (Å²) in [6.45, 7) is 0. The smallest absolute Gasteiger partial charge is 0.545 e. The summed E-state index contributed by atoms with van der Waals surface area (Å²) in [7, 11) is 0. The van der Waals surface area contributed by atoms with E-state index in [9.17, 15) is 19.8 Å². The number of carbonyl (C=O) groups is 2. The Morgan fingerprint density at radius 2 is 0.913 bits per heavy atom. The van der Waals surface area contributed by atoms with Crippen LogP contribution in [0.25, 0.3) is 0 Å². The number of hydrogen-bond acceptors (Lipinski definition) is 6. The first-order valence-electron chi connectivity index (χ1n) is 5.41. The van der Waals surface area contributed by atoms with Crippen LogP contribution in [0.15, 0.2) is 48.5 Å². The average Bonchev–Trinajstić information content (AvgIpc) is 2.40. The number of hydrogen-bond donors (Lipinski definition) is 2. The minimum absolute atomic E-state index is 0. The maximum Gasteiger partial charge on any atom is 1.00 e. The Morgan fingerprint density at radius 1 is 0.696 bits per heavy atom. The molecule has 2 aromatic rings. The van der Waals surface area contributed by atoms with Crippen molar-refractivity contribution in [1.82, 2.24) is 0 Å². The molecule has 2 aromatic carbocycles. The summed E-state index contributed by atoms with van der Waals surface area (Å²) in [5.74, 6) is -2.38. The standard InChI is InChI=1S/2C7H6O3.K.2H2O/c2*8-6-3-1-5(2-4-6)7(9)10;;;/h2*1-4,8H,(H,9,10);;2*1H2/q;;+1;;/p-1. The molecule has 0 atom stereocenters. The number of phenols is 2. The average molecular weight is 350 g/mol. The van der Waals surface area contributed by atoms with Crippen LogP contribution in [0, 0.1) is 0 Å². The fourth-order valence-electron chi connectivity index (χ4n) is 1.20. The summed E-state index contributed by atoms with van der Waals surface area (Å²) in [5, 5.41) is 37.7. The Hall–Kier alpha value is -1.46. The summed E-state index contributed by atoms with van der Waals surface area (Å²) < 4.78 is 0. The number of carboxylic acids is 2. The van der Waals surface area contributed by atoms with Gasteiger partial charge in [0.15, 0.2) is 0 Å². The van der Waals surface area contributed by atoms with Gasteiger partial charge in [-0.2, -0.15) is 0 Å². The maximum atomic E-state index is 10.1. The Labute approximate surface area is 175 Å². The fourth-order valence-corrected chi connectivity index (χ4v) is 1.20. The van der Waals surface area contributed by atoms with E-state index in [-0.39, 0.29) is 86.4 Å². The van der Waals surface area contributed by atoms with Gasteiger partial charge in [-0.15, -0.1) is 0 Å². The SMILES string of the molecule is O.O.O=C([O-])c1ccc(O)cc1.O=C([O-])c1ccc(O)cc1.[H+].[K+]. The topological polar surface area (TPSA) is 184 Å². The van der Waals surface area contributed by atoms with Crippen molar-refractivity contribution in [3.05, 3.63) is 59.7 Å².